The van der Waals surface area contributed by atoms with E-state index in [0.717, 1.165) is 0 Å². The molecule has 5 heteroatoms. The molecule has 18 heavy (non-hydrogen) atoms. The van der Waals surface area contributed by atoms with Crippen LogP contribution in [0.4, 0.5) is 0 Å². The van der Waals surface area contributed by atoms with E-state index in [1.165, 1.54) is 0 Å². The van der Waals surface area contributed by atoms with Gasteiger partial charge in [0, 0.05) is 12.0 Å². The molecule has 2 atom stereocenters. The SMILES string of the molecule is C[C@H](CC#N)[C@@H](NC(=O)c1ccccc1)C(N)=O. The van der Waals surface area contributed by atoms with Crippen molar-refractivity contribution in [3.05, 3.63) is 35.9 Å². The molecule has 0 heterocycles. The molecule has 0 saturated heterocycles. The van der Waals surface area contributed by atoms with Gasteiger partial charge in [0.15, 0.2) is 0 Å². The number of carbonyl (C=O) groups excluding carboxylic acids is 2. The van der Waals surface area contributed by atoms with Gasteiger partial charge in [-0.1, -0.05) is 25.1 Å². The number of hydrogen-bond donors (Lipinski definition) is 2. The lowest BCUT2D eigenvalue weighted by Crippen LogP contribution is -2.48. The van der Waals surface area contributed by atoms with Gasteiger partial charge in [-0.05, 0) is 18.1 Å². The summed E-state index contributed by atoms with van der Waals surface area (Å²) in [4.78, 5) is 23.1. The lowest BCUT2D eigenvalue weighted by Gasteiger charge is -2.20. The normalized spacial score (nSPS) is 13.1. The van der Waals surface area contributed by atoms with Gasteiger partial charge in [0.25, 0.3) is 5.91 Å². The van der Waals surface area contributed by atoms with Crippen LogP contribution in [-0.4, -0.2) is 17.9 Å². The minimum atomic E-state index is -0.836. The second kappa shape index (κ2) is 6.40. The van der Waals surface area contributed by atoms with Gasteiger partial charge >= 0.3 is 0 Å². The number of benzene rings is 1. The van der Waals surface area contributed by atoms with Gasteiger partial charge in [0.1, 0.15) is 6.04 Å². The molecule has 0 fully saturated rings. The monoisotopic (exact) mass is 245 g/mol. The van der Waals surface area contributed by atoms with Crippen molar-refractivity contribution in [2.45, 2.75) is 19.4 Å². The first kappa shape index (κ1) is 13.7. The number of amides is 2. The van der Waals surface area contributed by atoms with Gasteiger partial charge in [-0.25, -0.2) is 0 Å². The van der Waals surface area contributed by atoms with E-state index in [2.05, 4.69) is 5.32 Å². The van der Waals surface area contributed by atoms with Crippen molar-refractivity contribution in [1.82, 2.24) is 5.32 Å². The van der Waals surface area contributed by atoms with Crippen LogP contribution in [0, 0.1) is 17.2 Å². The maximum absolute atomic E-state index is 11.9. The predicted molar refractivity (Wildman–Crippen MR) is 66.3 cm³/mol. The van der Waals surface area contributed by atoms with E-state index >= 15 is 0 Å². The first-order valence-electron chi connectivity index (χ1n) is 5.58. The molecular formula is C13H15N3O2. The van der Waals surface area contributed by atoms with E-state index in [0.29, 0.717) is 5.56 Å². The number of nitrogens with zero attached hydrogens (tertiary/aromatic N) is 1. The van der Waals surface area contributed by atoms with Crippen LogP contribution in [0.2, 0.25) is 0 Å². The molecule has 2 amide bonds. The zero-order valence-corrected chi connectivity index (χ0v) is 10.1. The second-order valence-electron chi connectivity index (χ2n) is 4.06. The number of carbonyl (C=O) groups is 2. The Labute approximate surface area is 106 Å². The molecule has 0 unspecified atom stereocenters. The van der Waals surface area contributed by atoms with E-state index in [4.69, 9.17) is 11.0 Å². The number of primary amides is 1. The summed E-state index contributed by atoms with van der Waals surface area (Å²) in [6, 6.07) is 9.65. The first-order valence-corrected chi connectivity index (χ1v) is 5.58. The third-order valence-electron chi connectivity index (χ3n) is 2.61. The van der Waals surface area contributed by atoms with Crippen LogP contribution in [0.3, 0.4) is 0 Å². The highest BCUT2D eigenvalue weighted by atomic mass is 16.2. The molecular weight excluding hydrogens is 230 g/mol. The Bertz CT molecular complexity index is 465. The minimum absolute atomic E-state index is 0.155. The molecule has 0 spiro atoms. The highest BCUT2D eigenvalue weighted by Gasteiger charge is 2.24. The fourth-order valence-corrected chi connectivity index (χ4v) is 1.57. The van der Waals surface area contributed by atoms with Crippen LogP contribution in [0.1, 0.15) is 23.7 Å². The molecule has 94 valence electrons. The van der Waals surface area contributed by atoms with E-state index in [1.807, 2.05) is 6.07 Å². The largest absolute Gasteiger partial charge is 0.368 e. The maximum atomic E-state index is 11.9. The van der Waals surface area contributed by atoms with Gasteiger partial charge in [-0.2, -0.15) is 5.26 Å². The van der Waals surface area contributed by atoms with Gasteiger partial charge in [-0.3, -0.25) is 9.59 Å². The maximum Gasteiger partial charge on any atom is 0.251 e. The van der Waals surface area contributed by atoms with E-state index in [-0.39, 0.29) is 18.2 Å². The Morgan fingerprint density at radius 2 is 2.00 bits per heavy atom. The molecule has 0 radical (unpaired) electrons. The number of rotatable bonds is 5. The van der Waals surface area contributed by atoms with Crippen molar-refractivity contribution in [2.24, 2.45) is 11.7 Å². The molecule has 0 aliphatic carbocycles. The third kappa shape index (κ3) is 3.59. The van der Waals surface area contributed by atoms with E-state index in [1.54, 1.807) is 37.3 Å². The summed E-state index contributed by atoms with van der Waals surface area (Å²) in [6.45, 7) is 1.70. The molecule has 0 saturated carbocycles. The number of nitriles is 1. The average Bonchev–Trinajstić information content (AvgIpc) is 2.36. The van der Waals surface area contributed by atoms with Crippen LogP contribution in [0.25, 0.3) is 0 Å². The molecule has 1 aromatic carbocycles. The molecule has 1 aromatic rings. The fourth-order valence-electron chi connectivity index (χ4n) is 1.57. The van der Waals surface area contributed by atoms with Crippen LogP contribution in [0.15, 0.2) is 30.3 Å². The Hall–Kier alpha value is -2.35. The van der Waals surface area contributed by atoms with Gasteiger partial charge in [-0.15, -0.1) is 0 Å². The lowest BCUT2D eigenvalue weighted by molar-refractivity contribution is -0.120. The molecule has 0 bridgehead atoms. The van der Waals surface area contributed by atoms with E-state index in [9.17, 15) is 9.59 Å². The van der Waals surface area contributed by atoms with Crippen molar-refractivity contribution < 1.29 is 9.59 Å². The minimum Gasteiger partial charge on any atom is -0.368 e. The van der Waals surface area contributed by atoms with Crippen molar-refractivity contribution >= 4 is 11.8 Å². The zero-order valence-electron chi connectivity index (χ0n) is 10.1. The number of hydrogen-bond acceptors (Lipinski definition) is 3. The quantitative estimate of drug-likeness (QED) is 0.803. The summed E-state index contributed by atoms with van der Waals surface area (Å²) in [7, 11) is 0. The second-order valence-corrected chi connectivity index (χ2v) is 4.06. The number of nitrogens with one attached hydrogen (secondary N) is 1. The van der Waals surface area contributed by atoms with Crippen LogP contribution in [0.5, 0.6) is 0 Å². The van der Waals surface area contributed by atoms with Crippen molar-refractivity contribution in [2.75, 3.05) is 0 Å². The number of nitrogens with two attached hydrogens (primary N) is 1. The van der Waals surface area contributed by atoms with Crippen molar-refractivity contribution in [3.63, 3.8) is 0 Å². The molecule has 0 aliphatic heterocycles. The van der Waals surface area contributed by atoms with Gasteiger partial charge in [0.05, 0.1) is 6.07 Å². The van der Waals surface area contributed by atoms with Crippen molar-refractivity contribution in [3.8, 4) is 6.07 Å². The summed E-state index contributed by atoms with van der Waals surface area (Å²) < 4.78 is 0. The fraction of sp³-hybridized carbons (Fsp3) is 0.308. The van der Waals surface area contributed by atoms with E-state index < -0.39 is 11.9 Å². The summed E-state index contributed by atoms with van der Waals surface area (Å²) in [5.74, 6) is -1.33. The zero-order chi connectivity index (χ0) is 13.5. The summed E-state index contributed by atoms with van der Waals surface area (Å²) in [6.07, 6.45) is 0.155. The topological polar surface area (TPSA) is 96.0 Å². The van der Waals surface area contributed by atoms with Crippen LogP contribution in [-0.2, 0) is 4.79 Å². The van der Waals surface area contributed by atoms with Gasteiger partial charge in [0.2, 0.25) is 5.91 Å². The summed E-state index contributed by atoms with van der Waals surface area (Å²) in [5, 5.41) is 11.2. The summed E-state index contributed by atoms with van der Waals surface area (Å²) in [5.41, 5.74) is 5.68. The predicted octanol–water partition coefficient (Wildman–Crippen LogP) is 0.820. The third-order valence-corrected chi connectivity index (χ3v) is 2.61. The lowest BCUT2D eigenvalue weighted by atomic mass is 9.98. The van der Waals surface area contributed by atoms with Crippen molar-refractivity contribution in [1.29, 1.82) is 5.26 Å². The standard InChI is InChI=1S/C13H15N3O2/c1-9(7-8-14)11(12(15)17)16-13(18)10-5-3-2-4-6-10/h2-6,9,11H,7H2,1H3,(H2,15,17)(H,16,18)/t9-,11-/m1/s1. The highest BCUT2D eigenvalue weighted by Crippen LogP contribution is 2.08. The Kier molecular flexibility index (Phi) is 4.88. The Morgan fingerprint density at radius 1 is 1.39 bits per heavy atom. The first-order chi connectivity index (χ1) is 8.56. The Morgan fingerprint density at radius 3 is 2.50 bits per heavy atom. The highest BCUT2D eigenvalue weighted by molar-refractivity contribution is 5.97. The smallest absolute Gasteiger partial charge is 0.251 e. The molecule has 1 rings (SSSR count). The molecule has 5 nitrogen and oxygen atoms in total. The summed E-state index contributed by atoms with van der Waals surface area (Å²) >= 11 is 0. The molecule has 3 N–H and O–H groups in total. The van der Waals surface area contributed by atoms with Gasteiger partial charge < -0.3 is 11.1 Å². The molecule has 0 aliphatic rings. The average molecular weight is 245 g/mol. The molecule has 0 aromatic heterocycles. The Balaban J connectivity index is 2.77. The van der Waals surface area contributed by atoms with Crippen LogP contribution < -0.4 is 11.1 Å². The van der Waals surface area contributed by atoms with Crippen LogP contribution >= 0.6 is 0 Å².